The summed E-state index contributed by atoms with van der Waals surface area (Å²) in [5.74, 6) is 0.671. The Kier molecular flexibility index (Phi) is 2.02. The summed E-state index contributed by atoms with van der Waals surface area (Å²) < 4.78 is 11.5. The quantitative estimate of drug-likeness (QED) is 0.632. The van der Waals surface area contributed by atoms with Crippen LogP contribution in [-0.4, -0.2) is 21.3 Å². The standard InChI is InChI=1S/C8H15NOS/c9-5-6-3-7-1-2-8(4-6)11(7)10/h6-8H,1-5,9H2. The van der Waals surface area contributed by atoms with E-state index < -0.39 is 10.8 Å². The van der Waals surface area contributed by atoms with Crippen LogP contribution in [0.15, 0.2) is 0 Å². The molecule has 2 saturated heterocycles. The van der Waals surface area contributed by atoms with Gasteiger partial charge in [-0.2, -0.15) is 0 Å². The number of hydrogen-bond donors (Lipinski definition) is 1. The second-order valence-corrected chi connectivity index (χ2v) is 5.71. The predicted octanol–water partition coefficient (Wildman–Crippen LogP) is 0.635. The van der Waals surface area contributed by atoms with Gasteiger partial charge in [-0.25, -0.2) is 0 Å². The summed E-state index contributed by atoms with van der Waals surface area (Å²) in [7, 11) is -0.496. The molecule has 11 heavy (non-hydrogen) atoms. The number of hydrogen-bond acceptors (Lipinski definition) is 2. The Labute approximate surface area is 70.0 Å². The molecule has 2 bridgehead atoms. The zero-order valence-corrected chi connectivity index (χ0v) is 7.48. The number of fused-ring (bicyclic) bond motifs is 2. The molecule has 0 amide bonds. The van der Waals surface area contributed by atoms with Crippen molar-refractivity contribution in [2.45, 2.75) is 36.2 Å². The van der Waals surface area contributed by atoms with Gasteiger partial charge in [-0.15, -0.1) is 0 Å². The van der Waals surface area contributed by atoms with E-state index in [9.17, 15) is 4.21 Å². The monoisotopic (exact) mass is 173 g/mol. The normalized spacial score (nSPS) is 49.5. The highest BCUT2D eigenvalue weighted by atomic mass is 32.2. The summed E-state index contributed by atoms with van der Waals surface area (Å²) in [4.78, 5) is 0. The van der Waals surface area contributed by atoms with Gasteiger partial charge in [0, 0.05) is 21.3 Å². The van der Waals surface area contributed by atoms with E-state index in [1.165, 1.54) is 12.8 Å². The third-order valence-corrected chi connectivity index (χ3v) is 5.16. The van der Waals surface area contributed by atoms with Crippen LogP contribution in [0.5, 0.6) is 0 Å². The molecule has 2 unspecified atom stereocenters. The summed E-state index contributed by atoms with van der Waals surface area (Å²) in [6.07, 6.45) is 4.63. The van der Waals surface area contributed by atoms with Crippen LogP contribution in [0.3, 0.4) is 0 Å². The van der Waals surface area contributed by atoms with E-state index in [2.05, 4.69) is 0 Å². The third-order valence-electron chi connectivity index (χ3n) is 2.99. The highest BCUT2D eigenvalue weighted by Gasteiger charge is 2.39. The van der Waals surface area contributed by atoms with Crippen molar-refractivity contribution in [2.24, 2.45) is 11.7 Å². The van der Waals surface area contributed by atoms with E-state index in [1.54, 1.807) is 0 Å². The number of nitrogens with two attached hydrogens (primary N) is 1. The van der Waals surface area contributed by atoms with Crippen LogP contribution in [0.4, 0.5) is 0 Å². The van der Waals surface area contributed by atoms with E-state index in [1.807, 2.05) is 0 Å². The van der Waals surface area contributed by atoms with Crippen LogP contribution >= 0.6 is 0 Å². The van der Waals surface area contributed by atoms with Gasteiger partial charge in [0.15, 0.2) is 0 Å². The first-order valence-electron chi connectivity index (χ1n) is 4.40. The van der Waals surface area contributed by atoms with E-state index >= 15 is 0 Å². The van der Waals surface area contributed by atoms with Gasteiger partial charge >= 0.3 is 0 Å². The molecule has 2 heterocycles. The first-order chi connectivity index (χ1) is 5.31. The maximum Gasteiger partial charge on any atom is 0.0354 e. The lowest BCUT2D eigenvalue weighted by Gasteiger charge is -2.25. The Morgan fingerprint density at radius 1 is 1.27 bits per heavy atom. The van der Waals surface area contributed by atoms with Crippen LogP contribution < -0.4 is 5.73 Å². The molecule has 3 heteroatoms. The highest BCUT2D eigenvalue weighted by molar-refractivity contribution is 7.86. The molecular formula is C8H15NOS. The second-order valence-electron chi connectivity index (χ2n) is 3.72. The molecule has 0 saturated carbocycles. The molecule has 0 spiro atoms. The van der Waals surface area contributed by atoms with Crippen LogP contribution in [0, 0.1) is 5.92 Å². The van der Waals surface area contributed by atoms with Crippen molar-refractivity contribution < 1.29 is 4.21 Å². The summed E-state index contributed by atoms with van der Waals surface area (Å²) in [5, 5.41) is 1.00. The molecule has 2 N–H and O–H groups in total. The molecule has 0 aliphatic carbocycles. The summed E-state index contributed by atoms with van der Waals surface area (Å²) in [6, 6.07) is 0. The van der Waals surface area contributed by atoms with Crippen LogP contribution in [0.25, 0.3) is 0 Å². The van der Waals surface area contributed by atoms with Gasteiger partial charge in [0.05, 0.1) is 0 Å². The number of rotatable bonds is 1. The van der Waals surface area contributed by atoms with Crippen LogP contribution in [0.2, 0.25) is 0 Å². The van der Waals surface area contributed by atoms with Gasteiger partial charge in [0.1, 0.15) is 0 Å². The third kappa shape index (κ3) is 1.25. The first-order valence-corrected chi connectivity index (χ1v) is 5.68. The Balaban J connectivity index is 2.08. The zero-order chi connectivity index (χ0) is 7.84. The van der Waals surface area contributed by atoms with Crippen molar-refractivity contribution >= 4 is 10.8 Å². The molecule has 2 aliphatic rings. The van der Waals surface area contributed by atoms with Crippen LogP contribution in [0.1, 0.15) is 25.7 Å². The molecule has 2 atom stereocenters. The lowest BCUT2D eigenvalue weighted by atomic mass is 10.00. The lowest BCUT2D eigenvalue weighted by molar-refractivity contribution is 0.453. The fourth-order valence-electron chi connectivity index (χ4n) is 2.33. The van der Waals surface area contributed by atoms with Crippen molar-refractivity contribution in [2.75, 3.05) is 6.54 Å². The zero-order valence-electron chi connectivity index (χ0n) is 6.66. The smallest absolute Gasteiger partial charge is 0.0354 e. The molecular weight excluding hydrogens is 158 g/mol. The molecule has 64 valence electrons. The largest absolute Gasteiger partial charge is 0.330 e. The topological polar surface area (TPSA) is 43.1 Å². The van der Waals surface area contributed by atoms with Gasteiger partial charge in [0.25, 0.3) is 0 Å². The SMILES string of the molecule is NCC1CC2CCC(C1)S2=O. The minimum atomic E-state index is -0.496. The van der Waals surface area contributed by atoms with Crippen molar-refractivity contribution in [3.63, 3.8) is 0 Å². The Morgan fingerprint density at radius 2 is 1.82 bits per heavy atom. The van der Waals surface area contributed by atoms with Gasteiger partial charge in [-0.3, -0.25) is 4.21 Å². The van der Waals surface area contributed by atoms with E-state index in [-0.39, 0.29) is 0 Å². The van der Waals surface area contributed by atoms with Gasteiger partial charge in [-0.1, -0.05) is 0 Å². The maximum absolute atomic E-state index is 11.5. The molecule has 2 nitrogen and oxygen atoms in total. The minimum absolute atomic E-state index is 0.496. The maximum atomic E-state index is 11.5. The Hall–Kier alpha value is 0.110. The molecule has 0 aromatic heterocycles. The fraction of sp³-hybridized carbons (Fsp3) is 1.00. The first kappa shape index (κ1) is 7.74. The fourth-order valence-corrected chi connectivity index (χ4v) is 4.54. The van der Waals surface area contributed by atoms with Crippen molar-refractivity contribution in [3.8, 4) is 0 Å². The molecule has 0 radical (unpaired) electrons. The van der Waals surface area contributed by atoms with Crippen LogP contribution in [-0.2, 0) is 10.8 Å². The average Bonchev–Trinajstić information content (AvgIpc) is 2.26. The van der Waals surface area contributed by atoms with Crippen molar-refractivity contribution in [3.05, 3.63) is 0 Å². The highest BCUT2D eigenvalue weighted by Crippen LogP contribution is 2.37. The summed E-state index contributed by atoms with van der Waals surface area (Å²) >= 11 is 0. The summed E-state index contributed by atoms with van der Waals surface area (Å²) in [5.41, 5.74) is 5.60. The van der Waals surface area contributed by atoms with E-state index in [0.717, 1.165) is 19.4 Å². The van der Waals surface area contributed by atoms with E-state index in [4.69, 9.17) is 5.73 Å². The van der Waals surface area contributed by atoms with E-state index in [0.29, 0.717) is 16.4 Å². The molecule has 0 aromatic carbocycles. The lowest BCUT2D eigenvalue weighted by Crippen LogP contribution is -2.31. The van der Waals surface area contributed by atoms with Crippen molar-refractivity contribution in [1.82, 2.24) is 0 Å². The molecule has 2 rings (SSSR count). The summed E-state index contributed by atoms with van der Waals surface area (Å²) in [6.45, 7) is 0.796. The molecule has 2 aliphatic heterocycles. The minimum Gasteiger partial charge on any atom is -0.330 e. The second kappa shape index (κ2) is 2.87. The average molecular weight is 173 g/mol. The molecule has 2 fully saturated rings. The van der Waals surface area contributed by atoms with Gasteiger partial charge < -0.3 is 5.73 Å². The predicted molar refractivity (Wildman–Crippen MR) is 46.7 cm³/mol. The van der Waals surface area contributed by atoms with Gasteiger partial charge in [0.2, 0.25) is 0 Å². The Bertz CT molecular complexity index is 167. The molecule has 0 aromatic rings. The van der Waals surface area contributed by atoms with Gasteiger partial charge in [-0.05, 0) is 38.1 Å². The van der Waals surface area contributed by atoms with Crippen molar-refractivity contribution in [1.29, 1.82) is 0 Å². The Morgan fingerprint density at radius 3 is 2.27 bits per heavy atom.